The molecule has 0 saturated carbocycles. The van der Waals surface area contributed by atoms with E-state index in [1.54, 1.807) is 0 Å². The smallest absolute Gasteiger partial charge is 0.182 e. The maximum atomic E-state index is 8.62. The van der Waals surface area contributed by atoms with E-state index in [0.29, 0.717) is 17.0 Å². The molecule has 9 nitrogen and oxygen atoms in total. The molecule has 19 heavy (non-hydrogen) atoms. The van der Waals surface area contributed by atoms with Gasteiger partial charge in [-0.3, -0.25) is 0 Å². The average Bonchev–Trinajstić information content (AvgIpc) is 3.04. The van der Waals surface area contributed by atoms with E-state index in [-0.39, 0.29) is 13.2 Å². The van der Waals surface area contributed by atoms with Crippen molar-refractivity contribution in [3.05, 3.63) is 12.7 Å². The van der Waals surface area contributed by atoms with Crippen molar-refractivity contribution < 1.29 is 20.1 Å². The largest absolute Gasteiger partial charge is 0.400 e. The van der Waals surface area contributed by atoms with Gasteiger partial charge in [-0.1, -0.05) is 0 Å². The van der Waals surface area contributed by atoms with E-state index < -0.39 is 12.2 Å². The third kappa shape index (κ3) is 4.10. The minimum Gasteiger partial charge on any atom is -0.400 e. The Hall–Kier alpha value is -1.81. The van der Waals surface area contributed by atoms with Crippen molar-refractivity contribution in [2.24, 2.45) is 0 Å². The van der Waals surface area contributed by atoms with E-state index in [4.69, 9.17) is 21.1 Å². The maximum absolute atomic E-state index is 8.62. The standard InChI is InChI=1S/C5H5N5.C4H8O3.CH4O/c6-4-3-5(9-1-7-3)10-2-8-4;5-3-1-7-2-4(3)6;1-2/h1-2H,(H3,6,7,8,9,10);3-6H,1-2H2;2H,1H3. The Morgan fingerprint density at radius 1 is 1.21 bits per heavy atom. The van der Waals surface area contributed by atoms with Gasteiger partial charge in [0.1, 0.15) is 24.1 Å². The fraction of sp³-hybridized carbons (Fsp3) is 0.500. The van der Waals surface area contributed by atoms with Crippen LogP contribution in [0.15, 0.2) is 12.7 Å². The van der Waals surface area contributed by atoms with Gasteiger partial charge >= 0.3 is 0 Å². The predicted octanol–water partition coefficient (Wildman–Crippen LogP) is -1.72. The van der Waals surface area contributed by atoms with Gasteiger partial charge in [-0.05, 0) is 0 Å². The summed E-state index contributed by atoms with van der Waals surface area (Å²) in [7, 11) is 1.00. The lowest BCUT2D eigenvalue weighted by Gasteiger charge is -2.00. The summed E-state index contributed by atoms with van der Waals surface area (Å²) in [5, 5.41) is 24.2. The Kier molecular flexibility index (Phi) is 6.09. The van der Waals surface area contributed by atoms with E-state index >= 15 is 0 Å². The molecule has 1 aliphatic heterocycles. The van der Waals surface area contributed by atoms with Crippen molar-refractivity contribution >= 4 is 17.0 Å². The number of nitrogens with zero attached hydrogens (tertiary/aromatic N) is 3. The first-order chi connectivity index (χ1) is 9.18. The normalized spacial score (nSPS) is 21.3. The molecule has 0 aromatic carbocycles. The first-order valence-corrected chi connectivity index (χ1v) is 5.46. The summed E-state index contributed by atoms with van der Waals surface area (Å²) < 4.78 is 4.67. The summed E-state index contributed by atoms with van der Waals surface area (Å²) in [5.41, 5.74) is 6.78. The van der Waals surface area contributed by atoms with Crippen LogP contribution in [0, 0.1) is 0 Å². The van der Waals surface area contributed by atoms with Crippen LogP contribution in [-0.2, 0) is 4.74 Å². The fourth-order valence-corrected chi connectivity index (χ4v) is 1.32. The van der Waals surface area contributed by atoms with Crippen molar-refractivity contribution in [1.29, 1.82) is 0 Å². The molecule has 2 aromatic heterocycles. The van der Waals surface area contributed by atoms with Gasteiger partial charge in [0.05, 0.1) is 19.5 Å². The van der Waals surface area contributed by atoms with Crippen LogP contribution in [0.2, 0.25) is 0 Å². The van der Waals surface area contributed by atoms with Crippen molar-refractivity contribution in [3.63, 3.8) is 0 Å². The quantitative estimate of drug-likeness (QED) is 0.379. The molecule has 0 aliphatic carbocycles. The lowest BCUT2D eigenvalue weighted by molar-refractivity contribution is 0.0572. The van der Waals surface area contributed by atoms with Crippen LogP contribution in [0.3, 0.4) is 0 Å². The van der Waals surface area contributed by atoms with Gasteiger partial charge in [0.25, 0.3) is 0 Å². The molecule has 2 unspecified atom stereocenters. The Labute approximate surface area is 109 Å². The number of hydrogen-bond acceptors (Lipinski definition) is 8. The van der Waals surface area contributed by atoms with Crippen LogP contribution < -0.4 is 5.73 Å². The molecule has 6 N–H and O–H groups in total. The molecule has 1 saturated heterocycles. The van der Waals surface area contributed by atoms with E-state index in [0.717, 1.165) is 7.11 Å². The third-order valence-corrected chi connectivity index (χ3v) is 2.27. The van der Waals surface area contributed by atoms with Crippen LogP contribution in [0.25, 0.3) is 11.2 Å². The van der Waals surface area contributed by atoms with Gasteiger partial charge in [-0.15, -0.1) is 0 Å². The topological polar surface area (TPSA) is 150 Å². The number of aliphatic hydroxyl groups excluding tert-OH is 3. The number of anilines is 1. The summed E-state index contributed by atoms with van der Waals surface area (Å²) in [5.74, 6) is 0.433. The molecular weight excluding hydrogens is 254 g/mol. The van der Waals surface area contributed by atoms with E-state index in [1.807, 2.05) is 0 Å². The molecule has 3 rings (SSSR count). The summed E-state index contributed by atoms with van der Waals surface area (Å²) in [6.45, 7) is 0.558. The molecule has 9 heteroatoms. The van der Waals surface area contributed by atoms with Crippen LogP contribution in [-0.4, -0.2) is 67.8 Å². The Bertz CT molecular complexity index is 483. The molecule has 2 aromatic rings. The predicted molar refractivity (Wildman–Crippen MR) is 67.1 cm³/mol. The van der Waals surface area contributed by atoms with Crippen LogP contribution in [0.1, 0.15) is 0 Å². The second-order valence-electron chi connectivity index (χ2n) is 3.53. The highest BCUT2D eigenvalue weighted by Gasteiger charge is 2.22. The van der Waals surface area contributed by atoms with Gasteiger partial charge < -0.3 is 30.8 Å². The van der Waals surface area contributed by atoms with Gasteiger partial charge in [0, 0.05) is 7.11 Å². The van der Waals surface area contributed by atoms with Crippen molar-refractivity contribution in [3.8, 4) is 0 Å². The van der Waals surface area contributed by atoms with Crippen molar-refractivity contribution in [2.45, 2.75) is 12.2 Å². The summed E-state index contributed by atoms with van der Waals surface area (Å²) in [6, 6.07) is 0. The lowest BCUT2D eigenvalue weighted by Crippen LogP contribution is -2.22. The number of aromatic nitrogens is 4. The Balaban J connectivity index is 0.000000177. The fourth-order valence-electron chi connectivity index (χ4n) is 1.32. The highest BCUT2D eigenvalue weighted by Crippen LogP contribution is 2.09. The van der Waals surface area contributed by atoms with E-state index in [9.17, 15) is 0 Å². The number of aromatic amines is 1. The summed E-state index contributed by atoms with van der Waals surface area (Å²) in [6.07, 6.45) is 1.62. The number of nitrogen functional groups attached to an aromatic ring is 1. The number of H-pyrrole nitrogens is 1. The van der Waals surface area contributed by atoms with E-state index in [2.05, 4.69) is 24.7 Å². The highest BCUT2D eigenvalue weighted by molar-refractivity contribution is 5.80. The van der Waals surface area contributed by atoms with Gasteiger partial charge in [-0.25, -0.2) is 15.0 Å². The van der Waals surface area contributed by atoms with Gasteiger partial charge in [-0.2, -0.15) is 0 Å². The monoisotopic (exact) mass is 271 g/mol. The minimum atomic E-state index is -0.653. The Morgan fingerprint density at radius 3 is 2.32 bits per heavy atom. The molecule has 0 radical (unpaired) electrons. The first-order valence-electron chi connectivity index (χ1n) is 5.46. The molecule has 0 spiro atoms. The minimum absolute atomic E-state index is 0.279. The number of rotatable bonds is 0. The SMILES string of the molecule is CO.Nc1ncnc2nc[nH]c12.OC1COCC1O. The molecule has 0 bridgehead atoms. The van der Waals surface area contributed by atoms with Crippen molar-refractivity contribution in [1.82, 2.24) is 19.9 Å². The lowest BCUT2D eigenvalue weighted by atomic mass is 10.3. The third-order valence-electron chi connectivity index (χ3n) is 2.27. The zero-order chi connectivity index (χ0) is 14.3. The molecular formula is C10H17N5O4. The van der Waals surface area contributed by atoms with Crippen LogP contribution in [0.4, 0.5) is 5.82 Å². The van der Waals surface area contributed by atoms with E-state index in [1.165, 1.54) is 12.7 Å². The number of nitrogens with one attached hydrogen (secondary N) is 1. The zero-order valence-corrected chi connectivity index (χ0v) is 10.4. The summed E-state index contributed by atoms with van der Waals surface area (Å²) in [4.78, 5) is 14.4. The second-order valence-corrected chi connectivity index (χ2v) is 3.53. The number of nitrogens with two attached hydrogens (primary N) is 1. The van der Waals surface area contributed by atoms with Crippen molar-refractivity contribution in [2.75, 3.05) is 26.1 Å². The van der Waals surface area contributed by atoms with Crippen LogP contribution in [0.5, 0.6) is 0 Å². The number of imidazole rings is 1. The molecule has 106 valence electrons. The summed E-state index contributed by atoms with van der Waals surface area (Å²) >= 11 is 0. The zero-order valence-electron chi connectivity index (χ0n) is 10.4. The Morgan fingerprint density at radius 2 is 1.84 bits per heavy atom. The molecule has 2 atom stereocenters. The number of hydrogen-bond donors (Lipinski definition) is 5. The van der Waals surface area contributed by atoms with Gasteiger partial charge in [0.15, 0.2) is 11.5 Å². The van der Waals surface area contributed by atoms with Gasteiger partial charge in [0.2, 0.25) is 0 Å². The van der Waals surface area contributed by atoms with Crippen LogP contribution >= 0.6 is 0 Å². The number of fused-ring (bicyclic) bond motifs is 1. The number of aliphatic hydroxyl groups is 3. The average molecular weight is 271 g/mol. The molecule has 1 fully saturated rings. The molecule has 0 amide bonds. The first kappa shape index (κ1) is 15.2. The maximum Gasteiger partial charge on any atom is 0.182 e. The molecule has 3 heterocycles. The second kappa shape index (κ2) is 7.59. The highest BCUT2D eigenvalue weighted by atomic mass is 16.5. The molecule has 1 aliphatic rings. The number of ether oxygens (including phenoxy) is 1.